The molecule has 0 saturated carbocycles. The molecule has 1 unspecified atom stereocenters. The first-order chi connectivity index (χ1) is 15.2. The molecule has 0 aliphatic rings. The fourth-order valence-corrected chi connectivity index (χ4v) is 3.44. The van der Waals surface area contributed by atoms with E-state index < -0.39 is 17.4 Å². The van der Waals surface area contributed by atoms with Gasteiger partial charge in [-0.05, 0) is 37.6 Å². The molecule has 0 fully saturated rings. The molecule has 2 aromatic carbocycles. The van der Waals surface area contributed by atoms with Crippen LogP contribution in [0.2, 0.25) is 0 Å². The van der Waals surface area contributed by atoms with Gasteiger partial charge in [-0.15, -0.1) is 0 Å². The number of hydrogen-bond acceptors (Lipinski definition) is 5. The van der Waals surface area contributed by atoms with Crippen LogP contribution in [-0.4, -0.2) is 19.3 Å². The largest absolute Gasteiger partial charge is 0.416 e. The third-order valence-corrected chi connectivity index (χ3v) is 5.34. The van der Waals surface area contributed by atoms with Gasteiger partial charge in [0.15, 0.2) is 0 Å². The van der Waals surface area contributed by atoms with Crippen molar-refractivity contribution in [3.8, 4) is 11.4 Å². The molecule has 2 aromatic heterocycles. The van der Waals surface area contributed by atoms with Gasteiger partial charge in [-0.2, -0.15) is 18.2 Å². The third-order valence-electron chi connectivity index (χ3n) is 5.34. The van der Waals surface area contributed by atoms with Gasteiger partial charge >= 0.3 is 11.9 Å². The molecule has 10 heteroatoms. The summed E-state index contributed by atoms with van der Waals surface area (Å²) in [6.07, 6.45) is -3.85. The lowest BCUT2D eigenvalue weighted by Crippen LogP contribution is -2.41. The fraction of sp³-hybridized carbons (Fsp3) is 0.273. The molecular weight excluding hydrogens is 425 g/mol. The average Bonchev–Trinajstić information content (AvgIpc) is 3.25. The second kappa shape index (κ2) is 8.10. The molecule has 0 radical (unpaired) electrons. The van der Waals surface area contributed by atoms with Crippen LogP contribution in [0.5, 0.6) is 0 Å². The first-order valence-corrected chi connectivity index (χ1v) is 9.95. The molecule has 166 valence electrons. The minimum atomic E-state index is -4.44. The van der Waals surface area contributed by atoms with E-state index in [1.54, 1.807) is 31.2 Å². The Morgan fingerprint density at radius 1 is 1.06 bits per heavy atom. The maximum atomic E-state index is 13.1. The third kappa shape index (κ3) is 3.83. The van der Waals surface area contributed by atoms with Crippen molar-refractivity contribution in [1.82, 2.24) is 19.3 Å². The van der Waals surface area contributed by atoms with Crippen LogP contribution >= 0.6 is 0 Å². The summed E-state index contributed by atoms with van der Waals surface area (Å²) in [6.45, 7) is 3.57. The Bertz CT molecular complexity index is 1380. The smallest absolute Gasteiger partial charge is 0.337 e. The molecule has 1 atom stereocenters. The number of rotatable bonds is 5. The zero-order valence-electron chi connectivity index (χ0n) is 17.3. The van der Waals surface area contributed by atoms with E-state index in [9.17, 15) is 22.8 Å². The Hall–Kier alpha value is -3.69. The number of para-hydroxylation sites is 1. The van der Waals surface area contributed by atoms with E-state index in [1.165, 1.54) is 21.3 Å². The summed E-state index contributed by atoms with van der Waals surface area (Å²) in [5.41, 5.74) is -0.883. The second-order valence-corrected chi connectivity index (χ2v) is 7.41. The van der Waals surface area contributed by atoms with Gasteiger partial charge in [0.1, 0.15) is 6.54 Å². The maximum absolute atomic E-state index is 13.1. The maximum Gasteiger partial charge on any atom is 0.416 e. The molecule has 0 spiro atoms. The van der Waals surface area contributed by atoms with Gasteiger partial charge in [-0.25, -0.2) is 4.79 Å². The highest BCUT2D eigenvalue weighted by molar-refractivity contribution is 5.77. The first-order valence-electron chi connectivity index (χ1n) is 9.95. The Kier molecular flexibility index (Phi) is 5.45. The standard InChI is InChI=1S/C22H19F3N4O3/c1-3-13(2)29-20(30)16-6-4-5-7-17(16)28(21(29)31)12-18-26-19(27-32-18)14-8-10-15(11-9-14)22(23,24)25/h4-11,13H,3,12H2,1-2H3. The predicted molar refractivity (Wildman–Crippen MR) is 111 cm³/mol. The van der Waals surface area contributed by atoms with Crippen molar-refractivity contribution >= 4 is 10.9 Å². The lowest BCUT2D eigenvalue weighted by Gasteiger charge is -2.16. The van der Waals surface area contributed by atoms with E-state index in [-0.39, 0.29) is 29.9 Å². The average molecular weight is 444 g/mol. The van der Waals surface area contributed by atoms with Crippen LogP contribution in [-0.2, 0) is 12.7 Å². The van der Waals surface area contributed by atoms with Crippen molar-refractivity contribution in [1.29, 1.82) is 0 Å². The van der Waals surface area contributed by atoms with Gasteiger partial charge in [-0.3, -0.25) is 13.9 Å². The molecule has 0 amide bonds. The van der Waals surface area contributed by atoms with E-state index in [1.807, 2.05) is 6.92 Å². The molecule has 32 heavy (non-hydrogen) atoms. The second-order valence-electron chi connectivity index (χ2n) is 7.41. The Labute approximate surface area is 179 Å². The van der Waals surface area contributed by atoms with Crippen LogP contribution in [0.25, 0.3) is 22.3 Å². The minimum absolute atomic E-state index is 0.0847. The SMILES string of the molecule is CCC(C)n1c(=O)c2ccccc2n(Cc2nc(-c3ccc(C(F)(F)F)cc3)no2)c1=O. The summed E-state index contributed by atoms with van der Waals surface area (Å²) in [6, 6.07) is 10.8. The number of hydrogen-bond donors (Lipinski definition) is 0. The summed E-state index contributed by atoms with van der Waals surface area (Å²) < 4.78 is 46.1. The van der Waals surface area contributed by atoms with Crippen LogP contribution < -0.4 is 11.2 Å². The highest BCUT2D eigenvalue weighted by atomic mass is 19.4. The molecule has 4 aromatic rings. The van der Waals surface area contributed by atoms with Crippen LogP contribution in [0.15, 0.2) is 62.6 Å². The zero-order valence-corrected chi connectivity index (χ0v) is 17.3. The summed E-state index contributed by atoms with van der Waals surface area (Å²) in [5.74, 6) is 0.183. The van der Waals surface area contributed by atoms with E-state index in [0.29, 0.717) is 22.9 Å². The van der Waals surface area contributed by atoms with E-state index in [0.717, 1.165) is 12.1 Å². The molecule has 0 bridgehead atoms. The van der Waals surface area contributed by atoms with Crippen LogP contribution in [0.3, 0.4) is 0 Å². The normalized spacial score (nSPS) is 12.9. The number of aromatic nitrogens is 4. The van der Waals surface area contributed by atoms with Gasteiger partial charge < -0.3 is 4.52 Å². The molecular formula is C22H19F3N4O3. The molecule has 0 aliphatic heterocycles. The van der Waals surface area contributed by atoms with Gasteiger partial charge in [0, 0.05) is 11.6 Å². The van der Waals surface area contributed by atoms with Crippen LogP contribution in [0.4, 0.5) is 13.2 Å². The van der Waals surface area contributed by atoms with Crippen molar-refractivity contribution < 1.29 is 17.7 Å². The molecule has 2 heterocycles. The summed E-state index contributed by atoms with van der Waals surface area (Å²) in [4.78, 5) is 30.2. The molecule has 7 nitrogen and oxygen atoms in total. The zero-order chi connectivity index (χ0) is 23.0. The van der Waals surface area contributed by atoms with Crippen molar-refractivity contribution in [2.75, 3.05) is 0 Å². The predicted octanol–water partition coefficient (Wildman–Crippen LogP) is 4.25. The topological polar surface area (TPSA) is 82.9 Å². The van der Waals surface area contributed by atoms with Crippen molar-refractivity contribution in [3.63, 3.8) is 0 Å². The number of fused-ring (bicyclic) bond motifs is 1. The summed E-state index contributed by atoms with van der Waals surface area (Å²) >= 11 is 0. The number of nitrogens with zero attached hydrogens (tertiary/aromatic N) is 4. The van der Waals surface area contributed by atoms with Crippen LogP contribution in [0, 0.1) is 0 Å². The highest BCUT2D eigenvalue weighted by Gasteiger charge is 2.30. The monoisotopic (exact) mass is 444 g/mol. The van der Waals surface area contributed by atoms with Crippen molar-refractivity contribution in [3.05, 3.63) is 80.8 Å². The Morgan fingerprint density at radius 3 is 2.41 bits per heavy atom. The van der Waals surface area contributed by atoms with Gasteiger partial charge in [0.05, 0.1) is 16.5 Å². The van der Waals surface area contributed by atoms with E-state index in [2.05, 4.69) is 10.1 Å². The first kappa shape index (κ1) is 21.5. The Morgan fingerprint density at radius 2 is 1.75 bits per heavy atom. The lowest BCUT2D eigenvalue weighted by atomic mass is 10.1. The highest BCUT2D eigenvalue weighted by Crippen LogP contribution is 2.30. The quantitative estimate of drug-likeness (QED) is 0.460. The summed E-state index contributed by atoms with van der Waals surface area (Å²) in [5, 5.41) is 4.21. The Balaban J connectivity index is 1.74. The molecule has 0 N–H and O–H groups in total. The number of benzene rings is 2. The van der Waals surface area contributed by atoms with Crippen molar-refractivity contribution in [2.24, 2.45) is 0 Å². The van der Waals surface area contributed by atoms with Gasteiger partial charge in [-0.1, -0.05) is 36.3 Å². The van der Waals surface area contributed by atoms with Crippen LogP contribution in [0.1, 0.15) is 37.8 Å². The molecule has 4 rings (SSSR count). The van der Waals surface area contributed by atoms with Crippen molar-refractivity contribution in [2.45, 2.75) is 39.0 Å². The van der Waals surface area contributed by atoms with E-state index in [4.69, 9.17) is 4.52 Å². The summed E-state index contributed by atoms with van der Waals surface area (Å²) in [7, 11) is 0. The lowest BCUT2D eigenvalue weighted by molar-refractivity contribution is -0.137. The number of halogens is 3. The van der Waals surface area contributed by atoms with Gasteiger partial charge in [0.2, 0.25) is 11.7 Å². The fourth-order valence-electron chi connectivity index (χ4n) is 3.44. The molecule has 0 aliphatic carbocycles. The van der Waals surface area contributed by atoms with Gasteiger partial charge in [0.25, 0.3) is 5.56 Å². The molecule has 0 saturated heterocycles. The minimum Gasteiger partial charge on any atom is -0.337 e. The number of alkyl halides is 3. The van der Waals surface area contributed by atoms with E-state index >= 15 is 0 Å².